The third-order valence-corrected chi connectivity index (χ3v) is 3.28. The van der Waals surface area contributed by atoms with Gasteiger partial charge >= 0.3 is 0 Å². The van der Waals surface area contributed by atoms with Crippen LogP contribution in [0.3, 0.4) is 0 Å². The zero-order valence-electron chi connectivity index (χ0n) is 13.2. The van der Waals surface area contributed by atoms with Gasteiger partial charge in [0.05, 0.1) is 12.3 Å². The van der Waals surface area contributed by atoms with Gasteiger partial charge in [-0.05, 0) is 49.2 Å². The Balaban J connectivity index is 1.99. The third-order valence-electron chi connectivity index (χ3n) is 3.28. The van der Waals surface area contributed by atoms with Gasteiger partial charge in [0.15, 0.2) is 6.10 Å². The highest BCUT2D eigenvalue weighted by Gasteiger charge is 2.16. The van der Waals surface area contributed by atoms with Gasteiger partial charge in [0.2, 0.25) is 0 Å². The molecule has 0 aliphatic carbocycles. The van der Waals surface area contributed by atoms with Gasteiger partial charge in [0.25, 0.3) is 5.91 Å². The zero-order valence-corrected chi connectivity index (χ0v) is 13.2. The molecule has 5 heteroatoms. The second-order valence-electron chi connectivity index (χ2n) is 4.94. The van der Waals surface area contributed by atoms with E-state index in [2.05, 4.69) is 10.5 Å². The lowest BCUT2D eigenvalue weighted by atomic mass is 10.1. The number of benzene rings is 2. The van der Waals surface area contributed by atoms with Crippen molar-refractivity contribution in [2.75, 3.05) is 6.61 Å². The molecule has 0 aliphatic rings. The second-order valence-corrected chi connectivity index (χ2v) is 4.94. The molecule has 0 fully saturated rings. The lowest BCUT2D eigenvalue weighted by Gasteiger charge is -2.09. The van der Waals surface area contributed by atoms with E-state index in [0.717, 1.165) is 11.3 Å². The van der Waals surface area contributed by atoms with Crippen LogP contribution in [0.15, 0.2) is 59.7 Å². The van der Waals surface area contributed by atoms with Gasteiger partial charge in [-0.3, -0.25) is 4.79 Å². The maximum Gasteiger partial charge on any atom is 0.273 e. The molecule has 2 rings (SSSR count). The number of aliphatic hydroxyl groups is 1. The molecule has 0 radical (unpaired) electrons. The van der Waals surface area contributed by atoms with Crippen molar-refractivity contribution in [2.45, 2.75) is 20.0 Å². The summed E-state index contributed by atoms with van der Waals surface area (Å²) in [6.45, 7) is 4.32. The highest BCUT2D eigenvalue weighted by Crippen LogP contribution is 2.14. The van der Waals surface area contributed by atoms with Gasteiger partial charge in [-0.15, -0.1) is 0 Å². The van der Waals surface area contributed by atoms with Gasteiger partial charge in [-0.1, -0.05) is 30.3 Å². The van der Waals surface area contributed by atoms with Crippen LogP contribution in [0.2, 0.25) is 0 Å². The SMILES string of the molecule is CCOc1ccc(/C(C)=N\NC(=O)[C@H](O)c2ccccc2)cc1. The lowest BCUT2D eigenvalue weighted by Crippen LogP contribution is -2.26. The minimum absolute atomic E-state index is 0.527. The Morgan fingerprint density at radius 2 is 1.83 bits per heavy atom. The fourth-order valence-corrected chi connectivity index (χ4v) is 2.01. The highest BCUT2D eigenvalue weighted by molar-refractivity contribution is 5.99. The molecule has 0 spiro atoms. The van der Waals surface area contributed by atoms with Crippen LogP contribution < -0.4 is 10.2 Å². The van der Waals surface area contributed by atoms with Crippen LogP contribution in [-0.4, -0.2) is 23.3 Å². The number of hydrazone groups is 1. The van der Waals surface area contributed by atoms with Gasteiger partial charge in [0.1, 0.15) is 5.75 Å². The Labute approximate surface area is 135 Å². The Morgan fingerprint density at radius 3 is 2.43 bits per heavy atom. The number of ether oxygens (including phenoxy) is 1. The summed E-state index contributed by atoms with van der Waals surface area (Å²) in [6, 6.07) is 16.1. The Morgan fingerprint density at radius 1 is 1.17 bits per heavy atom. The molecule has 2 aromatic carbocycles. The number of hydrogen-bond acceptors (Lipinski definition) is 4. The molecule has 5 nitrogen and oxygen atoms in total. The lowest BCUT2D eigenvalue weighted by molar-refractivity contribution is -0.129. The summed E-state index contributed by atoms with van der Waals surface area (Å²) < 4.78 is 5.38. The Bertz CT molecular complexity index is 666. The van der Waals surface area contributed by atoms with Gasteiger partial charge < -0.3 is 9.84 Å². The number of nitrogens with one attached hydrogen (secondary N) is 1. The van der Waals surface area contributed by atoms with E-state index in [0.29, 0.717) is 17.9 Å². The molecular formula is C18H20N2O3. The fraction of sp³-hybridized carbons (Fsp3) is 0.222. The van der Waals surface area contributed by atoms with E-state index in [4.69, 9.17) is 4.74 Å². The minimum atomic E-state index is -1.24. The minimum Gasteiger partial charge on any atom is -0.494 e. The molecule has 0 unspecified atom stereocenters. The van der Waals surface area contributed by atoms with Crippen molar-refractivity contribution >= 4 is 11.6 Å². The second kappa shape index (κ2) is 8.10. The van der Waals surface area contributed by atoms with Crippen LogP contribution in [-0.2, 0) is 4.79 Å². The summed E-state index contributed by atoms with van der Waals surface area (Å²) >= 11 is 0. The van der Waals surface area contributed by atoms with Crippen molar-refractivity contribution < 1.29 is 14.6 Å². The monoisotopic (exact) mass is 312 g/mol. The molecule has 23 heavy (non-hydrogen) atoms. The summed E-state index contributed by atoms with van der Waals surface area (Å²) in [5.41, 5.74) is 4.42. The van der Waals surface area contributed by atoms with Crippen molar-refractivity contribution in [3.63, 3.8) is 0 Å². The van der Waals surface area contributed by atoms with Crippen LogP contribution >= 0.6 is 0 Å². The summed E-state index contributed by atoms with van der Waals surface area (Å²) in [5.74, 6) is 0.217. The molecule has 0 saturated heterocycles. The predicted molar refractivity (Wildman–Crippen MR) is 89.4 cm³/mol. The van der Waals surface area contributed by atoms with Crippen LogP contribution in [0.5, 0.6) is 5.75 Å². The van der Waals surface area contributed by atoms with Crippen molar-refractivity contribution in [3.05, 3.63) is 65.7 Å². The molecule has 0 heterocycles. The van der Waals surface area contributed by atoms with E-state index in [-0.39, 0.29) is 0 Å². The average molecular weight is 312 g/mol. The standard InChI is InChI=1S/C18H20N2O3/c1-3-23-16-11-9-14(10-12-16)13(2)19-20-18(22)17(21)15-7-5-4-6-8-15/h4-12,17,21H,3H2,1-2H3,(H,20,22)/b19-13-/t17-/m1/s1. The number of carbonyl (C=O) groups is 1. The predicted octanol–water partition coefficient (Wildman–Crippen LogP) is 2.66. The van der Waals surface area contributed by atoms with Gasteiger partial charge in [-0.2, -0.15) is 5.10 Å². The highest BCUT2D eigenvalue weighted by atomic mass is 16.5. The molecule has 0 saturated carbocycles. The molecule has 0 bridgehead atoms. The first kappa shape index (κ1) is 16.7. The number of amides is 1. The molecular weight excluding hydrogens is 292 g/mol. The Hall–Kier alpha value is -2.66. The maximum absolute atomic E-state index is 11.9. The summed E-state index contributed by atoms with van der Waals surface area (Å²) in [6.07, 6.45) is -1.24. The van der Waals surface area contributed by atoms with E-state index < -0.39 is 12.0 Å². The third kappa shape index (κ3) is 4.66. The van der Waals surface area contributed by atoms with Crippen molar-refractivity contribution in [1.29, 1.82) is 0 Å². The fourth-order valence-electron chi connectivity index (χ4n) is 2.01. The topological polar surface area (TPSA) is 70.9 Å². The van der Waals surface area contributed by atoms with E-state index >= 15 is 0 Å². The summed E-state index contributed by atoms with van der Waals surface area (Å²) in [4.78, 5) is 11.9. The van der Waals surface area contributed by atoms with Crippen molar-refractivity contribution in [2.24, 2.45) is 5.10 Å². The molecule has 2 aromatic rings. The maximum atomic E-state index is 11.9. The molecule has 1 atom stereocenters. The average Bonchev–Trinajstić information content (AvgIpc) is 2.60. The van der Waals surface area contributed by atoms with Gasteiger partial charge in [0, 0.05) is 0 Å². The summed E-state index contributed by atoms with van der Waals surface area (Å²) in [5, 5.41) is 14.0. The smallest absolute Gasteiger partial charge is 0.273 e. The Kier molecular flexibility index (Phi) is 5.88. The molecule has 0 aliphatic heterocycles. The number of aliphatic hydroxyl groups excluding tert-OH is 1. The van der Waals surface area contributed by atoms with Crippen LogP contribution in [0, 0.1) is 0 Å². The largest absolute Gasteiger partial charge is 0.494 e. The molecule has 0 aromatic heterocycles. The van der Waals surface area contributed by atoms with E-state index in [1.54, 1.807) is 31.2 Å². The first-order valence-corrected chi connectivity index (χ1v) is 7.42. The zero-order chi connectivity index (χ0) is 16.7. The molecule has 2 N–H and O–H groups in total. The number of hydrogen-bond donors (Lipinski definition) is 2. The first-order valence-electron chi connectivity index (χ1n) is 7.42. The van der Waals surface area contributed by atoms with Crippen LogP contribution in [0.1, 0.15) is 31.1 Å². The van der Waals surface area contributed by atoms with Crippen LogP contribution in [0.4, 0.5) is 0 Å². The van der Waals surface area contributed by atoms with Crippen molar-refractivity contribution in [1.82, 2.24) is 5.43 Å². The van der Waals surface area contributed by atoms with E-state index in [1.807, 2.05) is 37.3 Å². The van der Waals surface area contributed by atoms with Crippen LogP contribution in [0.25, 0.3) is 0 Å². The number of rotatable bonds is 6. The quantitative estimate of drug-likeness (QED) is 0.636. The first-order chi connectivity index (χ1) is 11.1. The molecule has 1 amide bonds. The van der Waals surface area contributed by atoms with Crippen molar-refractivity contribution in [3.8, 4) is 5.75 Å². The van der Waals surface area contributed by atoms with E-state index in [1.165, 1.54) is 0 Å². The summed E-state index contributed by atoms with van der Waals surface area (Å²) in [7, 11) is 0. The van der Waals surface area contributed by atoms with E-state index in [9.17, 15) is 9.90 Å². The normalized spacial score (nSPS) is 12.6. The van der Waals surface area contributed by atoms with Gasteiger partial charge in [-0.25, -0.2) is 5.43 Å². The number of nitrogens with zero attached hydrogens (tertiary/aromatic N) is 1. The number of carbonyl (C=O) groups excluding carboxylic acids is 1. The molecule has 120 valence electrons.